The van der Waals surface area contributed by atoms with Crippen LogP contribution >= 0.6 is 15.9 Å². The third-order valence-corrected chi connectivity index (χ3v) is 3.30. The second-order valence-corrected chi connectivity index (χ2v) is 5.42. The average molecular weight is 308 g/mol. The third kappa shape index (κ3) is 3.68. The summed E-state index contributed by atoms with van der Waals surface area (Å²) in [5, 5.41) is 4.29. The largest absolute Gasteiger partial charge is 0.298 e. The van der Waals surface area contributed by atoms with Crippen molar-refractivity contribution in [2.24, 2.45) is 0 Å². The van der Waals surface area contributed by atoms with Crippen LogP contribution in [0.25, 0.3) is 0 Å². The monoisotopic (exact) mass is 307 g/mol. The van der Waals surface area contributed by atoms with Crippen LogP contribution in [0.15, 0.2) is 41.1 Å². The second-order valence-electron chi connectivity index (χ2n) is 4.51. The fourth-order valence-corrected chi connectivity index (χ4v) is 2.42. The van der Waals surface area contributed by atoms with Crippen LogP contribution in [0.1, 0.15) is 18.1 Å². The molecule has 0 bridgehead atoms. The molecule has 96 valence electrons. The van der Waals surface area contributed by atoms with E-state index in [4.69, 9.17) is 0 Å². The lowest BCUT2D eigenvalue weighted by molar-refractivity contribution is 0.319. The maximum atomic E-state index is 4.29. The molecule has 0 unspecified atom stereocenters. The molecular weight excluding hydrogens is 290 g/mol. The molecule has 0 amide bonds. The van der Waals surface area contributed by atoms with Crippen LogP contribution in [0.5, 0.6) is 0 Å². The fourth-order valence-electron chi connectivity index (χ4n) is 1.98. The van der Waals surface area contributed by atoms with Crippen molar-refractivity contribution in [1.29, 1.82) is 0 Å². The van der Waals surface area contributed by atoms with Gasteiger partial charge in [0.2, 0.25) is 0 Å². The Balaban J connectivity index is 1.94. The number of aryl methyl sites for hydroxylation is 1. The number of halogens is 1. The van der Waals surface area contributed by atoms with Crippen molar-refractivity contribution in [2.75, 3.05) is 7.05 Å². The molecule has 1 aromatic carbocycles. The Morgan fingerprint density at radius 3 is 2.72 bits per heavy atom. The number of benzene rings is 1. The Morgan fingerprint density at radius 1 is 1.28 bits per heavy atom. The van der Waals surface area contributed by atoms with Crippen molar-refractivity contribution in [3.05, 3.63) is 52.3 Å². The number of hydrogen-bond acceptors (Lipinski definition) is 2. The Bertz CT molecular complexity index is 507. The minimum atomic E-state index is 0.923. The SMILES string of the molecule is CCn1cc(CN(C)Cc2cccc(Br)c2)cn1. The van der Waals surface area contributed by atoms with Crippen LogP contribution in [0.4, 0.5) is 0 Å². The first kappa shape index (κ1) is 13.3. The van der Waals surface area contributed by atoms with Crippen LogP contribution in [-0.2, 0) is 19.6 Å². The first-order valence-electron chi connectivity index (χ1n) is 6.11. The van der Waals surface area contributed by atoms with Crippen molar-refractivity contribution in [3.8, 4) is 0 Å². The van der Waals surface area contributed by atoms with Gasteiger partial charge >= 0.3 is 0 Å². The molecule has 0 aliphatic heterocycles. The summed E-state index contributed by atoms with van der Waals surface area (Å²) >= 11 is 3.50. The molecule has 4 heteroatoms. The average Bonchev–Trinajstić information content (AvgIpc) is 2.76. The van der Waals surface area contributed by atoms with E-state index in [0.717, 1.165) is 24.1 Å². The summed E-state index contributed by atoms with van der Waals surface area (Å²) in [6.45, 7) is 4.89. The van der Waals surface area contributed by atoms with Crippen LogP contribution in [-0.4, -0.2) is 21.7 Å². The van der Waals surface area contributed by atoms with Crippen LogP contribution in [0.2, 0.25) is 0 Å². The van der Waals surface area contributed by atoms with Gasteiger partial charge in [-0.3, -0.25) is 9.58 Å². The van der Waals surface area contributed by atoms with Crippen molar-refractivity contribution in [1.82, 2.24) is 14.7 Å². The first-order chi connectivity index (χ1) is 8.67. The summed E-state index contributed by atoms with van der Waals surface area (Å²) in [6.07, 6.45) is 4.05. The minimum Gasteiger partial charge on any atom is -0.298 e. The van der Waals surface area contributed by atoms with Gasteiger partial charge in [0.05, 0.1) is 6.20 Å². The van der Waals surface area contributed by atoms with Gasteiger partial charge in [-0.05, 0) is 31.7 Å². The molecule has 2 aromatic rings. The van der Waals surface area contributed by atoms with Gasteiger partial charge in [0.1, 0.15) is 0 Å². The molecule has 18 heavy (non-hydrogen) atoms. The molecule has 0 atom stereocenters. The van der Waals surface area contributed by atoms with Crippen molar-refractivity contribution in [2.45, 2.75) is 26.6 Å². The molecule has 0 radical (unpaired) electrons. The summed E-state index contributed by atoms with van der Waals surface area (Å²) in [5.74, 6) is 0. The van der Waals surface area contributed by atoms with Gasteiger partial charge in [-0.25, -0.2) is 0 Å². The van der Waals surface area contributed by atoms with Gasteiger partial charge in [0.15, 0.2) is 0 Å². The van der Waals surface area contributed by atoms with E-state index in [0.29, 0.717) is 0 Å². The lowest BCUT2D eigenvalue weighted by atomic mass is 10.2. The smallest absolute Gasteiger partial charge is 0.0534 e. The lowest BCUT2D eigenvalue weighted by Gasteiger charge is -2.15. The molecule has 0 saturated carbocycles. The molecule has 1 heterocycles. The second kappa shape index (κ2) is 6.16. The van der Waals surface area contributed by atoms with E-state index >= 15 is 0 Å². The number of aromatic nitrogens is 2. The van der Waals surface area contributed by atoms with E-state index in [1.807, 2.05) is 10.9 Å². The molecule has 0 fully saturated rings. The highest BCUT2D eigenvalue weighted by atomic mass is 79.9. The van der Waals surface area contributed by atoms with Crippen LogP contribution < -0.4 is 0 Å². The summed E-state index contributed by atoms with van der Waals surface area (Å²) in [4.78, 5) is 2.29. The maximum absolute atomic E-state index is 4.29. The van der Waals surface area contributed by atoms with E-state index in [1.54, 1.807) is 0 Å². The summed E-state index contributed by atoms with van der Waals surface area (Å²) in [7, 11) is 2.13. The third-order valence-electron chi connectivity index (χ3n) is 2.80. The highest BCUT2D eigenvalue weighted by Gasteiger charge is 2.04. The van der Waals surface area contributed by atoms with Gasteiger partial charge in [-0.2, -0.15) is 5.10 Å². The maximum Gasteiger partial charge on any atom is 0.0534 e. The number of rotatable bonds is 5. The summed E-state index contributed by atoms with van der Waals surface area (Å²) in [6, 6.07) is 8.43. The molecule has 0 N–H and O–H groups in total. The highest BCUT2D eigenvalue weighted by Crippen LogP contribution is 2.14. The van der Waals surface area contributed by atoms with Crippen LogP contribution in [0, 0.1) is 0 Å². The minimum absolute atomic E-state index is 0.923. The lowest BCUT2D eigenvalue weighted by Crippen LogP contribution is -2.16. The normalized spacial score (nSPS) is 11.1. The Morgan fingerprint density at radius 2 is 2.06 bits per heavy atom. The fraction of sp³-hybridized carbons (Fsp3) is 0.357. The molecule has 1 aromatic heterocycles. The van der Waals surface area contributed by atoms with Crippen LogP contribution in [0.3, 0.4) is 0 Å². The predicted octanol–water partition coefficient (Wildman–Crippen LogP) is 3.30. The van der Waals surface area contributed by atoms with Crippen molar-refractivity contribution >= 4 is 15.9 Å². The molecule has 0 aliphatic rings. The van der Waals surface area contributed by atoms with Gasteiger partial charge in [0, 0.05) is 35.9 Å². The molecular formula is C14H18BrN3. The summed E-state index contributed by atoms with van der Waals surface area (Å²) in [5.41, 5.74) is 2.57. The predicted molar refractivity (Wildman–Crippen MR) is 77.2 cm³/mol. The Labute approximate surface area is 117 Å². The first-order valence-corrected chi connectivity index (χ1v) is 6.91. The molecule has 0 saturated heterocycles. The molecule has 0 aliphatic carbocycles. The van der Waals surface area contributed by atoms with Gasteiger partial charge < -0.3 is 0 Å². The zero-order valence-electron chi connectivity index (χ0n) is 10.8. The Kier molecular flexibility index (Phi) is 4.55. The standard InChI is InChI=1S/C14H18BrN3/c1-3-18-11-13(8-16-18)10-17(2)9-12-5-4-6-14(15)7-12/h4-8,11H,3,9-10H2,1-2H3. The van der Waals surface area contributed by atoms with Gasteiger partial charge in [0.25, 0.3) is 0 Å². The van der Waals surface area contributed by atoms with Gasteiger partial charge in [-0.15, -0.1) is 0 Å². The van der Waals surface area contributed by atoms with E-state index in [9.17, 15) is 0 Å². The quantitative estimate of drug-likeness (QED) is 0.845. The zero-order valence-corrected chi connectivity index (χ0v) is 12.4. The number of nitrogens with zero attached hydrogens (tertiary/aromatic N) is 3. The van der Waals surface area contributed by atoms with E-state index in [-0.39, 0.29) is 0 Å². The number of hydrogen-bond donors (Lipinski definition) is 0. The summed E-state index contributed by atoms with van der Waals surface area (Å²) < 4.78 is 3.09. The van der Waals surface area contributed by atoms with E-state index in [1.165, 1.54) is 11.1 Å². The van der Waals surface area contributed by atoms with E-state index < -0.39 is 0 Å². The van der Waals surface area contributed by atoms with Gasteiger partial charge in [-0.1, -0.05) is 28.1 Å². The molecule has 3 nitrogen and oxygen atoms in total. The molecule has 0 spiro atoms. The Hall–Kier alpha value is -1.13. The van der Waals surface area contributed by atoms with E-state index in [2.05, 4.69) is 70.4 Å². The zero-order chi connectivity index (χ0) is 13.0. The van der Waals surface area contributed by atoms with Crippen molar-refractivity contribution in [3.63, 3.8) is 0 Å². The molecule has 2 rings (SSSR count). The topological polar surface area (TPSA) is 21.1 Å². The van der Waals surface area contributed by atoms with Crippen molar-refractivity contribution < 1.29 is 0 Å². The highest BCUT2D eigenvalue weighted by molar-refractivity contribution is 9.10.